The normalized spacial score (nSPS) is 27.3. The molecule has 19 heavy (non-hydrogen) atoms. The zero-order valence-electron chi connectivity index (χ0n) is 12.4. The molecule has 0 aromatic carbocycles. The molecule has 1 atom stereocenters. The molecule has 1 aliphatic carbocycles. The van der Waals surface area contributed by atoms with Gasteiger partial charge in [0.1, 0.15) is 0 Å². The second-order valence-electron chi connectivity index (χ2n) is 7.05. The maximum absolute atomic E-state index is 6.40. The highest BCUT2D eigenvalue weighted by Gasteiger charge is 2.34. The lowest BCUT2D eigenvalue weighted by molar-refractivity contribution is 0.0677. The number of rotatable bonds is 1. The van der Waals surface area contributed by atoms with Crippen LogP contribution in [0.15, 0.2) is 6.07 Å². The molecule has 1 aromatic rings. The molecule has 1 aliphatic heterocycles. The Hall–Kier alpha value is -0.800. The summed E-state index contributed by atoms with van der Waals surface area (Å²) in [5, 5.41) is 0. The van der Waals surface area contributed by atoms with E-state index >= 15 is 0 Å². The van der Waals surface area contributed by atoms with E-state index in [9.17, 15) is 0 Å². The summed E-state index contributed by atoms with van der Waals surface area (Å²) in [7, 11) is 0. The van der Waals surface area contributed by atoms with Crippen molar-refractivity contribution in [2.75, 3.05) is 13.2 Å². The molecule has 1 unspecified atom stereocenters. The monoisotopic (exact) mass is 262 g/mol. The summed E-state index contributed by atoms with van der Waals surface area (Å²) >= 11 is 0. The van der Waals surface area contributed by atoms with Gasteiger partial charge in [-0.05, 0) is 49.7 Å². The summed E-state index contributed by atoms with van der Waals surface area (Å²) in [6.07, 6.45) is 4.52. The number of ether oxygens (including phenoxy) is 1. The van der Waals surface area contributed by atoms with E-state index in [-0.39, 0.29) is 6.04 Å². The Kier molecular flexibility index (Phi) is 3.22. The van der Waals surface area contributed by atoms with Crippen molar-refractivity contribution in [2.45, 2.75) is 58.5 Å². The molecule has 3 heteroatoms. The standard InChI is InChI=1S/C16H26N2O/c1-11-8-13-14(17)9-16(2,3)10-15(13)18(11)12-4-6-19-7-5-12/h8,12,14H,4-7,9-10,17H2,1-3H3. The summed E-state index contributed by atoms with van der Waals surface area (Å²) in [6, 6.07) is 3.14. The summed E-state index contributed by atoms with van der Waals surface area (Å²) in [6.45, 7) is 8.70. The van der Waals surface area contributed by atoms with E-state index in [1.54, 1.807) is 0 Å². The van der Waals surface area contributed by atoms with Crippen LogP contribution in [0, 0.1) is 12.3 Å². The first-order chi connectivity index (χ1) is 8.98. The van der Waals surface area contributed by atoms with Crippen molar-refractivity contribution in [1.29, 1.82) is 0 Å². The molecule has 0 spiro atoms. The van der Waals surface area contributed by atoms with Crippen molar-refractivity contribution in [3.63, 3.8) is 0 Å². The van der Waals surface area contributed by atoms with Gasteiger partial charge >= 0.3 is 0 Å². The quantitative estimate of drug-likeness (QED) is 0.844. The van der Waals surface area contributed by atoms with Gasteiger partial charge in [-0.15, -0.1) is 0 Å². The third-order valence-corrected chi connectivity index (χ3v) is 4.74. The molecule has 2 aliphatic rings. The zero-order valence-corrected chi connectivity index (χ0v) is 12.4. The molecule has 2 N–H and O–H groups in total. The summed E-state index contributed by atoms with van der Waals surface area (Å²) in [5.74, 6) is 0. The van der Waals surface area contributed by atoms with Crippen LogP contribution in [0.2, 0.25) is 0 Å². The van der Waals surface area contributed by atoms with Crippen molar-refractivity contribution in [2.24, 2.45) is 11.1 Å². The second kappa shape index (κ2) is 4.64. The third kappa shape index (κ3) is 2.34. The van der Waals surface area contributed by atoms with Crippen LogP contribution < -0.4 is 5.73 Å². The Balaban J connectivity index is 2.01. The molecule has 0 radical (unpaired) electrons. The van der Waals surface area contributed by atoms with E-state index < -0.39 is 0 Å². The van der Waals surface area contributed by atoms with Gasteiger partial charge in [-0.2, -0.15) is 0 Å². The van der Waals surface area contributed by atoms with E-state index in [4.69, 9.17) is 10.5 Å². The van der Waals surface area contributed by atoms with E-state index in [2.05, 4.69) is 31.4 Å². The van der Waals surface area contributed by atoms with Crippen molar-refractivity contribution in [3.05, 3.63) is 23.0 Å². The Morgan fingerprint density at radius 3 is 2.68 bits per heavy atom. The molecule has 0 saturated carbocycles. The van der Waals surface area contributed by atoms with Crippen molar-refractivity contribution in [3.8, 4) is 0 Å². The molecule has 3 nitrogen and oxygen atoms in total. The highest BCUT2D eigenvalue weighted by atomic mass is 16.5. The highest BCUT2D eigenvalue weighted by molar-refractivity contribution is 5.34. The first-order valence-electron chi connectivity index (χ1n) is 7.52. The minimum absolute atomic E-state index is 0.207. The minimum atomic E-state index is 0.207. The van der Waals surface area contributed by atoms with Crippen LogP contribution in [0.25, 0.3) is 0 Å². The van der Waals surface area contributed by atoms with E-state index in [0.29, 0.717) is 11.5 Å². The summed E-state index contributed by atoms with van der Waals surface area (Å²) < 4.78 is 8.07. The number of aryl methyl sites for hydroxylation is 1. The van der Waals surface area contributed by atoms with Crippen LogP contribution in [-0.2, 0) is 11.2 Å². The number of hydrogen-bond donors (Lipinski definition) is 1. The summed E-state index contributed by atoms with van der Waals surface area (Å²) in [5.41, 5.74) is 11.0. The molecule has 1 saturated heterocycles. The van der Waals surface area contributed by atoms with E-state index in [1.165, 1.54) is 17.0 Å². The Bertz CT molecular complexity index is 469. The van der Waals surface area contributed by atoms with Gasteiger partial charge in [-0.3, -0.25) is 0 Å². The van der Waals surface area contributed by atoms with E-state index in [1.807, 2.05) is 0 Å². The predicted octanol–water partition coefficient (Wildman–Crippen LogP) is 3.12. The minimum Gasteiger partial charge on any atom is -0.381 e. The van der Waals surface area contributed by atoms with Gasteiger partial charge in [-0.1, -0.05) is 13.8 Å². The van der Waals surface area contributed by atoms with Crippen LogP contribution >= 0.6 is 0 Å². The van der Waals surface area contributed by atoms with Gasteiger partial charge in [0.15, 0.2) is 0 Å². The number of fused-ring (bicyclic) bond motifs is 1. The fraction of sp³-hybridized carbons (Fsp3) is 0.750. The highest BCUT2D eigenvalue weighted by Crippen LogP contribution is 2.42. The van der Waals surface area contributed by atoms with Crippen molar-refractivity contribution in [1.82, 2.24) is 4.57 Å². The van der Waals surface area contributed by atoms with Gasteiger partial charge < -0.3 is 15.0 Å². The maximum atomic E-state index is 6.40. The average molecular weight is 262 g/mol. The van der Waals surface area contributed by atoms with E-state index in [0.717, 1.165) is 38.9 Å². The van der Waals surface area contributed by atoms with Crippen molar-refractivity contribution >= 4 is 0 Å². The molecule has 3 rings (SSSR count). The first-order valence-corrected chi connectivity index (χ1v) is 7.52. The zero-order chi connectivity index (χ0) is 13.6. The molecular formula is C16H26N2O. The molecule has 2 heterocycles. The smallest absolute Gasteiger partial charge is 0.0485 e. The lowest BCUT2D eigenvalue weighted by atomic mass is 9.74. The molecule has 1 fully saturated rings. The van der Waals surface area contributed by atoms with Crippen LogP contribution in [0.1, 0.15) is 62.1 Å². The largest absolute Gasteiger partial charge is 0.381 e. The van der Waals surface area contributed by atoms with Crippen LogP contribution in [0.4, 0.5) is 0 Å². The average Bonchev–Trinajstić information content (AvgIpc) is 2.65. The SMILES string of the molecule is Cc1cc2c(n1C1CCOCC1)CC(C)(C)CC2N. The molecule has 0 bridgehead atoms. The number of nitrogens with two attached hydrogens (primary N) is 1. The molecule has 1 aromatic heterocycles. The topological polar surface area (TPSA) is 40.2 Å². The first kappa shape index (κ1) is 13.2. The Labute approximate surface area is 116 Å². The summed E-state index contributed by atoms with van der Waals surface area (Å²) in [4.78, 5) is 0. The van der Waals surface area contributed by atoms with Crippen LogP contribution in [-0.4, -0.2) is 17.8 Å². The van der Waals surface area contributed by atoms with Gasteiger partial charge in [0, 0.05) is 36.7 Å². The van der Waals surface area contributed by atoms with Gasteiger partial charge in [0.05, 0.1) is 0 Å². The van der Waals surface area contributed by atoms with Crippen LogP contribution in [0.3, 0.4) is 0 Å². The maximum Gasteiger partial charge on any atom is 0.0485 e. The number of aromatic nitrogens is 1. The second-order valence-corrected chi connectivity index (χ2v) is 7.05. The Morgan fingerprint density at radius 2 is 2.00 bits per heavy atom. The predicted molar refractivity (Wildman–Crippen MR) is 77.3 cm³/mol. The van der Waals surface area contributed by atoms with Gasteiger partial charge in [0.2, 0.25) is 0 Å². The third-order valence-electron chi connectivity index (χ3n) is 4.74. The lowest BCUT2D eigenvalue weighted by Gasteiger charge is -2.36. The molecule has 0 amide bonds. The van der Waals surface area contributed by atoms with Crippen LogP contribution in [0.5, 0.6) is 0 Å². The number of nitrogens with zero attached hydrogens (tertiary/aromatic N) is 1. The molecule has 106 valence electrons. The fourth-order valence-corrected chi connectivity index (χ4v) is 3.92. The van der Waals surface area contributed by atoms with Gasteiger partial charge in [0.25, 0.3) is 0 Å². The van der Waals surface area contributed by atoms with Crippen molar-refractivity contribution < 1.29 is 4.74 Å². The molecular weight excluding hydrogens is 236 g/mol. The lowest BCUT2D eigenvalue weighted by Crippen LogP contribution is -2.32. The fourth-order valence-electron chi connectivity index (χ4n) is 3.92. The van der Waals surface area contributed by atoms with Gasteiger partial charge in [-0.25, -0.2) is 0 Å². The Morgan fingerprint density at radius 1 is 1.32 bits per heavy atom. The number of hydrogen-bond acceptors (Lipinski definition) is 2.